The van der Waals surface area contributed by atoms with Crippen LogP contribution in [0.4, 0.5) is 0 Å². The summed E-state index contributed by atoms with van der Waals surface area (Å²) in [7, 11) is 4.16. The first-order valence-electron chi connectivity index (χ1n) is 4.48. The number of nitrogens with zero attached hydrogens (tertiary/aromatic N) is 2. The van der Waals surface area contributed by atoms with Crippen LogP contribution in [0.15, 0.2) is 0 Å². The smallest absolute Gasteiger partial charge is 0.143 e. The molecule has 1 atom stereocenters. The second-order valence-electron chi connectivity index (χ2n) is 3.82. The van der Waals surface area contributed by atoms with Crippen molar-refractivity contribution in [3.63, 3.8) is 0 Å². The first-order valence-corrected chi connectivity index (χ1v) is 4.48. The number of likely N-dealkylation sites (N-methyl/N-ethyl adjacent to an activating group) is 2. The highest BCUT2D eigenvalue weighted by Gasteiger charge is 2.23. The third-order valence-corrected chi connectivity index (χ3v) is 2.46. The standard InChI is InChI=1S/C9H18N2O/c1-8(12)6-11(3)9-4-5-10(2)7-9/h9H,4-7H2,1-3H3. The predicted octanol–water partition coefficient (Wildman–Crippen LogP) is 0.211. The highest BCUT2D eigenvalue weighted by Crippen LogP contribution is 2.11. The molecule has 3 nitrogen and oxygen atoms in total. The molecule has 1 fully saturated rings. The summed E-state index contributed by atoms with van der Waals surface area (Å²) in [6.45, 7) is 4.50. The number of hydrogen-bond acceptors (Lipinski definition) is 3. The number of rotatable bonds is 3. The molecule has 0 radical (unpaired) electrons. The molecule has 0 aromatic rings. The summed E-state index contributed by atoms with van der Waals surface area (Å²) in [5.74, 6) is 0.257. The lowest BCUT2D eigenvalue weighted by Crippen LogP contribution is -2.36. The van der Waals surface area contributed by atoms with E-state index < -0.39 is 0 Å². The van der Waals surface area contributed by atoms with E-state index in [4.69, 9.17) is 0 Å². The van der Waals surface area contributed by atoms with Crippen LogP contribution in [0.25, 0.3) is 0 Å². The fraction of sp³-hybridized carbons (Fsp3) is 0.889. The van der Waals surface area contributed by atoms with Gasteiger partial charge in [-0.1, -0.05) is 0 Å². The summed E-state index contributed by atoms with van der Waals surface area (Å²) in [5, 5.41) is 0. The van der Waals surface area contributed by atoms with Gasteiger partial charge < -0.3 is 4.90 Å². The summed E-state index contributed by atoms with van der Waals surface area (Å²) in [4.78, 5) is 15.3. The molecule has 1 unspecified atom stereocenters. The Kier molecular flexibility index (Phi) is 3.23. The Morgan fingerprint density at radius 2 is 2.33 bits per heavy atom. The third-order valence-electron chi connectivity index (χ3n) is 2.46. The van der Waals surface area contributed by atoms with Crippen LogP contribution in [0.5, 0.6) is 0 Å². The number of carbonyl (C=O) groups excluding carboxylic acids is 1. The van der Waals surface area contributed by atoms with E-state index in [2.05, 4.69) is 16.8 Å². The number of ketones is 1. The van der Waals surface area contributed by atoms with E-state index in [0.717, 1.165) is 13.1 Å². The molecule has 0 aromatic heterocycles. The summed E-state index contributed by atoms with van der Waals surface area (Å²) < 4.78 is 0. The van der Waals surface area contributed by atoms with E-state index in [1.807, 2.05) is 7.05 Å². The molecule has 1 rings (SSSR count). The van der Waals surface area contributed by atoms with Crippen LogP contribution in [-0.4, -0.2) is 55.4 Å². The minimum atomic E-state index is 0.257. The summed E-state index contributed by atoms with van der Waals surface area (Å²) in [6.07, 6.45) is 1.19. The maximum Gasteiger partial charge on any atom is 0.143 e. The van der Waals surface area contributed by atoms with Crippen LogP contribution in [-0.2, 0) is 4.79 Å². The maximum atomic E-state index is 10.8. The van der Waals surface area contributed by atoms with Gasteiger partial charge in [-0.25, -0.2) is 0 Å². The summed E-state index contributed by atoms with van der Waals surface area (Å²) in [6, 6.07) is 0.582. The van der Waals surface area contributed by atoms with E-state index in [1.165, 1.54) is 6.42 Å². The summed E-state index contributed by atoms with van der Waals surface area (Å²) in [5.41, 5.74) is 0. The van der Waals surface area contributed by atoms with Gasteiger partial charge in [-0.2, -0.15) is 0 Å². The molecule has 0 bridgehead atoms. The first-order chi connectivity index (χ1) is 5.59. The molecule has 1 saturated heterocycles. The van der Waals surface area contributed by atoms with E-state index in [9.17, 15) is 4.79 Å². The molecular formula is C9H18N2O. The van der Waals surface area contributed by atoms with E-state index >= 15 is 0 Å². The van der Waals surface area contributed by atoms with Crippen molar-refractivity contribution in [2.75, 3.05) is 33.7 Å². The van der Waals surface area contributed by atoms with Gasteiger partial charge in [-0.3, -0.25) is 9.69 Å². The normalized spacial score (nSPS) is 25.2. The van der Waals surface area contributed by atoms with Gasteiger partial charge in [0, 0.05) is 12.6 Å². The monoisotopic (exact) mass is 170 g/mol. The van der Waals surface area contributed by atoms with Gasteiger partial charge in [0.15, 0.2) is 0 Å². The third kappa shape index (κ3) is 2.57. The second kappa shape index (κ2) is 4.01. The van der Waals surface area contributed by atoms with Crippen molar-refractivity contribution in [2.24, 2.45) is 0 Å². The number of hydrogen-bond donors (Lipinski definition) is 0. The molecule has 0 saturated carbocycles. The minimum Gasteiger partial charge on any atom is -0.305 e. The molecule has 0 N–H and O–H groups in total. The zero-order valence-corrected chi connectivity index (χ0v) is 8.21. The van der Waals surface area contributed by atoms with Crippen LogP contribution in [0.2, 0.25) is 0 Å². The fourth-order valence-corrected chi connectivity index (χ4v) is 1.75. The van der Waals surface area contributed by atoms with Crippen LogP contribution < -0.4 is 0 Å². The van der Waals surface area contributed by atoms with Crippen molar-refractivity contribution in [3.8, 4) is 0 Å². The van der Waals surface area contributed by atoms with Crippen molar-refractivity contribution in [1.82, 2.24) is 9.80 Å². The highest BCUT2D eigenvalue weighted by molar-refractivity contribution is 5.77. The SMILES string of the molecule is CC(=O)CN(C)C1CCN(C)C1. The Labute approximate surface area is 74.3 Å². The van der Waals surface area contributed by atoms with Gasteiger partial charge >= 0.3 is 0 Å². The van der Waals surface area contributed by atoms with Crippen molar-refractivity contribution < 1.29 is 4.79 Å². The minimum absolute atomic E-state index is 0.257. The number of Topliss-reactive ketones (excluding diaryl/α,β-unsaturated/α-hetero) is 1. The molecule has 3 heteroatoms. The topological polar surface area (TPSA) is 23.6 Å². The Hall–Kier alpha value is -0.410. The highest BCUT2D eigenvalue weighted by atomic mass is 16.1. The van der Waals surface area contributed by atoms with E-state index in [1.54, 1.807) is 6.92 Å². The van der Waals surface area contributed by atoms with Crippen LogP contribution in [0.3, 0.4) is 0 Å². The van der Waals surface area contributed by atoms with Crippen molar-refractivity contribution in [1.29, 1.82) is 0 Å². The van der Waals surface area contributed by atoms with Gasteiger partial charge in [-0.05, 0) is 34.0 Å². The zero-order valence-electron chi connectivity index (χ0n) is 8.21. The Morgan fingerprint density at radius 3 is 2.75 bits per heavy atom. The maximum absolute atomic E-state index is 10.8. The Morgan fingerprint density at radius 1 is 1.67 bits per heavy atom. The molecule has 0 aromatic carbocycles. The largest absolute Gasteiger partial charge is 0.305 e. The lowest BCUT2D eigenvalue weighted by molar-refractivity contribution is -0.118. The van der Waals surface area contributed by atoms with Gasteiger partial charge in [0.25, 0.3) is 0 Å². The quantitative estimate of drug-likeness (QED) is 0.605. The Balaban J connectivity index is 2.32. The number of carbonyl (C=O) groups is 1. The van der Waals surface area contributed by atoms with Gasteiger partial charge in [-0.15, -0.1) is 0 Å². The van der Waals surface area contributed by atoms with Crippen LogP contribution >= 0.6 is 0 Å². The Bertz CT molecular complexity index is 170. The van der Waals surface area contributed by atoms with Crippen LogP contribution in [0.1, 0.15) is 13.3 Å². The molecule has 0 aliphatic carbocycles. The zero-order chi connectivity index (χ0) is 9.14. The number of likely N-dealkylation sites (tertiary alicyclic amines) is 1. The lowest BCUT2D eigenvalue weighted by atomic mass is 10.2. The second-order valence-corrected chi connectivity index (χ2v) is 3.82. The van der Waals surface area contributed by atoms with E-state index in [0.29, 0.717) is 12.6 Å². The molecule has 12 heavy (non-hydrogen) atoms. The lowest BCUT2D eigenvalue weighted by Gasteiger charge is -2.22. The summed E-state index contributed by atoms with van der Waals surface area (Å²) >= 11 is 0. The van der Waals surface area contributed by atoms with Gasteiger partial charge in [0.05, 0.1) is 6.54 Å². The molecule has 1 aliphatic rings. The molecule has 70 valence electrons. The molecule has 1 aliphatic heterocycles. The average molecular weight is 170 g/mol. The van der Waals surface area contributed by atoms with Crippen molar-refractivity contribution in [2.45, 2.75) is 19.4 Å². The van der Waals surface area contributed by atoms with Crippen molar-refractivity contribution in [3.05, 3.63) is 0 Å². The fourth-order valence-electron chi connectivity index (χ4n) is 1.75. The van der Waals surface area contributed by atoms with Crippen molar-refractivity contribution >= 4 is 5.78 Å². The molecule has 0 spiro atoms. The van der Waals surface area contributed by atoms with E-state index in [-0.39, 0.29) is 5.78 Å². The predicted molar refractivity (Wildman–Crippen MR) is 49.2 cm³/mol. The van der Waals surface area contributed by atoms with Crippen LogP contribution in [0, 0.1) is 0 Å². The van der Waals surface area contributed by atoms with Gasteiger partial charge in [0.1, 0.15) is 5.78 Å². The average Bonchev–Trinajstić information content (AvgIpc) is 2.34. The first kappa shape index (κ1) is 9.68. The van der Waals surface area contributed by atoms with Gasteiger partial charge in [0.2, 0.25) is 0 Å². The molecular weight excluding hydrogens is 152 g/mol. The molecule has 0 amide bonds. The molecule has 1 heterocycles.